The molecule has 0 radical (unpaired) electrons. The van der Waals surface area contributed by atoms with Gasteiger partial charge in [0.1, 0.15) is 10.3 Å². The van der Waals surface area contributed by atoms with E-state index in [1.54, 1.807) is 28.6 Å². The Morgan fingerprint density at radius 3 is 2.77 bits per heavy atom. The highest BCUT2D eigenvalue weighted by molar-refractivity contribution is 7.91. The minimum Gasteiger partial charge on any atom is -0.281 e. The standard InChI is InChI=1S/C25H26N4O3S3/c1-17-14-18(2)23-20(15-17)27-25(34-23)28(16-19-8-3-5-11-26-19)24(30)21-9-4-6-12-29(21)35(31,32)22-10-7-13-33-22/h3,5,7-8,10-11,13-15,21H,4,6,9,12,16H2,1-2H3. The van der Waals surface area contributed by atoms with Crippen LogP contribution in [-0.2, 0) is 21.4 Å². The maximum atomic E-state index is 14.1. The van der Waals surface area contributed by atoms with Crippen LogP contribution in [0.1, 0.15) is 36.1 Å². The predicted molar refractivity (Wildman–Crippen MR) is 140 cm³/mol. The van der Waals surface area contributed by atoms with E-state index in [9.17, 15) is 13.2 Å². The van der Waals surface area contributed by atoms with Crippen molar-refractivity contribution in [3.8, 4) is 0 Å². The third-order valence-corrected chi connectivity index (χ3v) is 10.7. The van der Waals surface area contributed by atoms with E-state index in [1.807, 2.05) is 38.1 Å². The fourth-order valence-electron chi connectivity index (χ4n) is 4.52. The van der Waals surface area contributed by atoms with E-state index in [1.165, 1.54) is 27.0 Å². The number of carbonyl (C=O) groups is 1. The van der Waals surface area contributed by atoms with E-state index < -0.39 is 16.1 Å². The van der Waals surface area contributed by atoms with Gasteiger partial charge in [-0.3, -0.25) is 14.7 Å². The highest BCUT2D eigenvalue weighted by Gasteiger charge is 2.41. The smallest absolute Gasteiger partial charge is 0.253 e. The zero-order valence-corrected chi connectivity index (χ0v) is 22.0. The molecule has 1 saturated heterocycles. The number of pyridine rings is 1. The van der Waals surface area contributed by atoms with Crippen LogP contribution in [0.3, 0.4) is 0 Å². The number of hydrogen-bond donors (Lipinski definition) is 0. The zero-order chi connectivity index (χ0) is 24.6. The molecule has 10 heteroatoms. The topological polar surface area (TPSA) is 83.5 Å². The fourth-order valence-corrected chi connectivity index (χ4v) is 8.31. The summed E-state index contributed by atoms with van der Waals surface area (Å²) in [5.74, 6) is -0.260. The Morgan fingerprint density at radius 1 is 1.17 bits per heavy atom. The van der Waals surface area contributed by atoms with Crippen LogP contribution in [0.5, 0.6) is 0 Å². The van der Waals surface area contributed by atoms with Crippen LogP contribution in [-0.4, -0.2) is 41.2 Å². The molecule has 5 rings (SSSR count). The van der Waals surface area contributed by atoms with Crippen molar-refractivity contribution in [3.63, 3.8) is 0 Å². The number of carbonyl (C=O) groups excluding carboxylic acids is 1. The van der Waals surface area contributed by atoms with Gasteiger partial charge in [0.2, 0.25) is 5.91 Å². The van der Waals surface area contributed by atoms with Crippen LogP contribution in [0.2, 0.25) is 0 Å². The van der Waals surface area contributed by atoms with Crippen molar-refractivity contribution in [3.05, 3.63) is 70.9 Å². The molecular formula is C25H26N4O3S3. The summed E-state index contributed by atoms with van der Waals surface area (Å²) >= 11 is 2.63. The van der Waals surface area contributed by atoms with E-state index in [-0.39, 0.29) is 16.7 Å². The van der Waals surface area contributed by atoms with Crippen LogP contribution in [0.25, 0.3) is 10.2 Å². The number of fused-ring (bicyclic) bond motifs is 1. The molecule has 0 N–H and O–H groups in total. The number of hydrogen-bond acceptors (Lipinski definition) is 7. The second-order valence-electron chi connectivity index (χ2n) is 8.73. The van der Waals surface area contributed by atoms with Gasteiger partial charge in [-0.1, -0.05) is 36.0 Å². The molecule has 1 amide bonds. The van der Waals surface area contributed by atoms with E-state index in [4.69, 9.17) is 4.98 Å². The average molecular weight is 527 g/mol. The molecule has 1 aliphatic heterocycles. The molecule has 35 heavy (non-hydrogen) atoms. The van der Waals surface area contributed by atoms with Crippen molar-refractivity contribution in [1.82, 2.24) is 14.3 Å². The summed E-state index contributed by atoms with van der Waals surface area (Å²) in [5.41, 5.74) is 3.77. The molecule has 1 aliphatic rings. The number of aryl methyl sites for hydroxylation is 2. The Balaban J connectivity index is 1.56. The molecule has 4 aromatic rings. The number of nitrogens with zero attached hydrogens (tertiary/aromatic N) is 4. The number of thiophene rings is 1. The lowest BCUT2D eigenvalue weighted by Gasteiger charge is -2.35. The Kier molecular flexibility index (Phi) is 6.71. The number of amides is 1. The zero-order valence-electron chi connectivity index (χ0n) is 19.5. The maximum absolute atomic E-state index is 14.1. The molecule has 1 atom stereocenters. The van der Waals surface area contributed by atoms with Crippen molar-refractivity contribution in [1.29, 1.82) is 0 Å². The lowest BCUT2D eigenvalue weighted by Crippen LogP contribution is -2.52. The number of anilines is 1. The molecular weight excluding hydrogens is 501 g/mol. The first-order chi connectivity index (χ1) is 16.8. The molecule has 7 nitrogen and oxygen atoms in total. The summed E-state index contributed by atoms with van der Waals surface area (Å²) in [4.78, 5) is 25.0. The van der Waals surface area contributed by atoms with Gasteiger partial charge in [0.15, 0.2) is 5.13 Å². The van der Waals surface area contributed by atoms with Gasteiger partial charge in [0.25, 0.3) is 10.0 Å². The van der Waals surface area contributed by atoms with Gasteiger partial charge >= 0.3 is 0 Å². The first kappa shape index (κ1) is 24.1. The van der Waals surface area contributed by atoms with Gasteiger partial charge in [-0.25, -0.2) is 13.4 Å². The van der Waals surface area contributed by atoms with Gasteiger partial charge < -0.3 is 0 Å². The summed E-state index contributed by atoms with van der Waals surface area (Å²) in [6.07, 6.45) is 3.69. The lowest BCUT2D eigenvalue weighted by atomic mass is 10.0. The molecule has 3 aromatic heterocycles. The molecule has 4 heterocycles. The van der Waals surface area contributed by atoms with Crippen molar-refractivity contribution in [2.75, 3.05) is 11.4 Å². The molecule has 1 unspecified atom stereocenters. The largest absolute Gasteiger partial charge is 0.281 e. The van der Waals surface area contributed by atoms with Crippen LogP contribution in [0.4, 0.5) is 5.13 Å². The predicted octanol–water partition coefficient (Wildman–Crippen LogP) is 5.15. The normalized spacial score (nSPS) is 17.0. The van der Waals surface area contributed by atoms with Crippen LogP contribution >= 0.6 is 22.7 Å². The number of thiazole rings is 1. The summed E-state index contributed by atoms with van der Waals surface area (Å²) in [6.45, 7) is 4.61. The molecule has 0 aliphatic carbocycles. The Labute approximate surface area is 213 Å². The molecule has 0 saturated carbocycles. The molecule has 0 bridgehead atoms. The van der Waals surface area contributed by atoms with Gasteiger partial charge in [-0.2, -0.15) is 4.31 Å². The van der Waals surface area contributed by atoms with Gasteiger partial charge in [0, 0.05) is 12.7 Å². The second kappa shape index (κ2) is 9.77. The molecule has 0 spiro atoms. The maximum Gasteiger partial charge on any atom is 0.253 e. The SMILES string of the molecule is Cc1cc(C)c2sc(N(Cc3ccccn3)C(=O)C3CCCCN3S(=O)(=O)c3cccs3)nc2c1. The lowest BCUT2D eigenvalue weighted by molar-refractivity contribution is -0.123. The minimum absolute atomic E-state index is 0.223. The van der Waals surface area contributed by atoms with Gasteiger partial charge in [-0.05, 0) is 67.5 Å². The molecule has 182 valence electrons. The first-order valence-electron chi connectivity index (χ1n) is 11.5. The monoisotopic (exact) mass is 526 g/mol. The van der Waals surface area contributed by atoms with Gasteiger partial charge in [-0.15, -0.1) is 11.3 Å². The van der Waals surface area contributed by atoms with Crippen LogP contribution in [0, 0.1) is 13.8 Å². The van der Waals surface area contributed by atoms with E-state index >= 15 is 0 Å². The third kappa shape index (κ3) is 4.75. The van der Waals surface area contributed by atoms with Crippen LogP contribution < -0.4 is 4.90 Å². The van der Waals surface area contributed by atoms with Crippen molar-refractivity contribution in [2.24, 2.45) is 0 Å². The summed E-state index contributed by atoms with van der Waals surface area (Å²) in [6, 6.07) is 12.2. The minimum atomic E-state index is -3.77. The van der Waals surface area contributed by atoms with Gasteiger partial charge in [0.05, 0.1) is 22.5 Å². The first-order valence-corrected chi connectivity index (χ1v) is 14.6. The average Bonchev–Trinajstić information content (AvgIpc) is 3.54. The number of rotatable bonds is 6. The third-order valence-electron chi connectivity index (χ3n) is 6.15. The van der Waals surface area contributed by atoms with E-state index in [0.29, 0.717) is 18.1 Å². The number of aromatic nitrogens is 2. The summed E-state index contributed by atoms with van der Waals surface area (Å²) in [7, 11) is -3.77. The number of piperidine rings is 1. The highest BCUT2D eigenvalue weighted by atomic mass is 32.2. The Morgan fingerprint density at radius 2 is 2.03 bits per heavy atom. The Bertz CT molecular complexity index is 1450. The molecule has 1 fully saturated rings. The van der Waals surface area contributed by atoms with Crippen molar-refractivity contribution in [2.45, 2.75) is 49.9 Å². The summed E-state index contributed by atoms with van der Waals surface area (Å²) < 4.78 is 29.6. The molecule has 1 aromatic carbocycles. The van der Waals surface area contributed by atoms with E-state index in [2.05, 4.69) is 11.1 Å². The van der Waals surface area contributed by atoms with Crippen LogP contribution in [0.15, 0.2) is 58.3 Å². The highest BCUT2D eigenvalue weighted by Crippen LogP contribution is 2.35. The second-order valence-corrected chi connectivity index (χ2v) is 12.8. The van der Waals surface area contributed by atoms with Crippen molar-refractivity contribution >= 4 is 54.0 Å². The number of benzene rings is 1. The fraction of sp³-hybridized carbons (Fsp3) is 0.320. The quantitative estimate of drug-likeness (QED) is 0.347. The number of sulfonamides is 1. The Hall–Kier alpha value is -2.66. The summed E-state index contributed by atoms with van der Waals surface area (Å²) in [5, 5.41) is 2.30. The van der Waals surface area contributed by atoms with Crippen molar-refractivity contribution < 1.29 is 13.2 Å². The van der Waals surface area contributed by atoms with E-state index in [0.717, 1.165) is 39.9 Å².